The van der Waals surface area contributed by atoms with Gasteiger partial charge in [0.2, 0.25) is 0 Å². The lowest BCUT2D eigenvalue weighted by molar-refractivity contribution is -0.137. The van der Waals surface area contributed by atoms with Crippen LogP contribution in [-0.2, 0) is 9.59 Å². The van der Waals surface area contributed by atoms with E-state index in [1.54, 1.807) is 0 Å². The van der Waals surface area contributed by atoms with Crippen LogP contribution in [0.3, 0.4) is 0 Å². The molecule has 0 saturated heterocycles. The molecule has 0 amide bonds. The standard InChI is InChI=1S/C13H22O4/c14-9-10-7-8-12(15)11(10)5-3-1-2-4-6-13(16)17/h10-11,14H,1-9H2,(H,16,17)/t10-,11-/m0/s1. The molecule has 0 spiro atoms. The van der Waals surface area contributed by atoms with Crippen LogP contribution in [-0.4, -0.2) is 28.6 Å². The molecule has 1 fully saturated rings. The number of aliphatic hydroxyl groups is 1. The van der Waals surface area contributed by atoms with Gasteiger partial charge < -0.3 is 10.2 Å². The summed E-state index contributed by atoms with van der Waals surface area (Å²) in [6, 6.07) is 0. The number of carboxylic acid groups (broad SMARTS) is 1. The van der Waals surface area contributed by atoms with Crippen molar-refractivity contribution in [3.63, 3.8) is 0 Å². The number of carbonyl (C=O) groups excluding carboxylic acids is 1. The van der Waals surface area contributed by atoms with Crippen molar-refractivity contribution < 1.29 is 19.8 Å². The Morgan fingerprint density at radius 3 is 2.59 bits per heavy atom. The van der Waals surface area contributed by atoms with Gasteiger partial charge in [0.15, 0.2) is 0 Å². The highest BCUT2D eigenvalue weighted by Gasteiger charge is 2.33. The van der Waals surface area contributed by atoms with Crippen LogP contribution < -0.4 is 0 Å². The van der Waals surface area contributed by atoms with Gasteiger partial charge in [0.05, 0.1) is 0 Å². The minimum Gasteiger partial charge on any atom is -0.481 e. The van der Waals surface area contributed by atoms with Crippen molar-refractivity contribution in [2.45, 2.75) is 51.4 Å². The van der Waals surface area contributed by atoms with E-state index in [9.17, 15) is 9.59 Å². The van der Waals surface area contributed by atoms with Crippen molar-refractivity contribution in [1.82, 2.24) is 0 Å². The zero-order valence-corrected chi connectivity index (χ0v) is 10.2. The second kappa shape index (κ2) is 7.43. The van der Waals surface area contributed by atoms with Crippen LogP contribution in [0.1, 0.15) is 51.4 Å². The summed E-state index contributed by atoms with van der Waals surface area (Å²) < 4.78 is 0. The number of carbonyl (C=O) groups is 2. The highest BCUT2D eigenvalue weighted by Crippen LogP contribution is 2.32. The average Bonchev–Trinajstić information content (AvgIpc) is 2.64. The number of aliphatic hydroxyl groups excluding tert-OH is 1. The van der Waals surface area contributed by atoms with Crippen molar-refractivity contribution in [1.29, 1.82) is 0 Å². The summed E-state index contributed by atoms with van der Waals surface area (Å²) in [5.41, 5.74) is 0. The number of Topliss-reactive ketones (excluding diaryl/α,β-unsaturated/α-hetero) is 1. The topological polar surface area (TPSA) is 74.6 Å². The maximum absolute atomic E-state index is 11.6. The maximum Gasteiger partial charge on any atom is 0.303 e. The average molecular weight is 242 g/mol. The molecular formula is C13H22O4. The van der Waals surface area contributed by atoms with Gasteiger partial charge in [0.1, 0.15) is 5.78 Å². The van der Waals surface area contributed by atoms with Crippen molar-refractivity contribution in [2.75, 3.05) is 6.61 Å². The lowest BCUT2D eigenvalue weighted by atomic mass is 9.90. The van der Waals surface area contributed by atoms with Gasteiger partial charge in [0, 0.05) is 25.4 Å². The molecule has 0 unspecified atom stereocenters. The Labute approximate surface area is 102 Å². The Morgan fingerprint density at radius 1 is 1.24 bits per heavy atom. The maximum atomic E-state index is 11.6. The third-order valence-electron chi connectivity index (χ3n) is 3.63. The van der Waals surface area contributed by atoms with E-state index in [1.807, 2.05) is 0 Å². The van der Waals surface area contributed by atoms with Crippen LogP contribution in [0.25, 0.3) is 0 Å². The van der Waals surface area contributed by atoms with E-state index in [0.29, 0.717) is 12.2 Å². The molecule has 0 aromatic rings. The van der Waals surface area contributed by atoms with Gasteiger partial charge in [-0.05, 0) is 25.2 Å². The van der Waals surface area contributed by atoms with Crippen molar-refractivity contribution >= 4 is 11.8 Å². The number of unbranched alkanes of at least 4 members (excludes halogenated alkanes) is 3. The quantitative estimate of drug-likeness (QED) is 0.638. The first kappa shape index (κ1) is 14.2. The Balaban J connectivity index is 2.09. The molecule has 2 N–H and O–H groups in total. The highest BCUT2D eigenvalue weighted by molar-refractivity contribution is 5.83. The summed E-state index contributed by atoms with van der Waals surface area (Å²) in [5, 5.41) is 17.6. The number of ketones is 1. The fourth-order valence-electron chi connectivity index (χ4n) is 2.59. The molecule has 4 heteroatoms. The van der Waals surface area contributed by atoms with Crippen LogP contribution >= 0.6 is 0 Å². The smallest absolute Gasteiger partial charge is 0.303 e. The van der Waals surface area contributed by atoms with E-state index in [4.69, 9.17) is 10.2 Å². The number of rotatable bonds is 8. The number of carboxylic acids is 1. The molecule has 1 aliphatic carbocycles. The first-order valence-electron chi connectivity index (χ1n) is 6.50. The van der Waals surface area contributed by atoms with Crippen molar-refractivity contribution in [3.8, 4) is 0 Å². The summed E-state index contributed by atoms with van der Waals surface area (Å²) in [5.74, 6) is -0.216. The summed E-state index contributed by atoms with van der Waals surface area (Å²) >= 11 is 0. The van der Waals surface area contributed by atoms with Gasteiger partial charge in [-0.2, -0.15) is 0 Å². The van der Waals surface area contributed by atoms with Gasteiger partial charge >= 0.3 is 5.97 Å². The van der Waals surface area contributed by atoms with E-state index in [1.165, 1.54) is 0 Å². The predicted octanol–water partition coefficient (Wildman–Crippen LogP) is 2.00. The summed E-state index contributed by atoms with van der Waals surface area (Å²) in [6.45, 7) is 0.120. The minimum absolute atomic E-state index is 0.0551. The zero-order chi connectivity index (χ0) is 12.7. The normalized spacial score (nSPS) is 24.2. The van der Waals surface area contributed by atoms with E-state index in [0.717, 1.165) is 38.5 Å². The van der Waals surface area contributed by atoms with Crippen LogP contribution in [0.2, 0.25) is 0 Å². The molecule has 0 heterocycles. The van der Waals surface area contributed by atoms with Crippen molar-refractivity contribution in [3.05, 3.63) is 0 Å². The monoisotopic (exact) mass is 242 g/mol. The van der Waals surface area contributed by atoms with Gasteiger partial charge in [-0.3, -0.25) is 9.59 Å². The van der Waals surface area contributed by atoms with Gasteiger partial charge in [-0.25, -0.2) is 0 Å². The second-order valence-corrected chi connectivity index (χ2v) is 4.90. The molecule has 0 radical (unpaired) electrons. The SMILES string of the molecule is O=C(O)CCCCCC[C@@H]1C(=O)CC[C@H]1CO. The summed E-state index contributed by atoms with van der Waals surface area (Å²) in [6.07, 6.45) is 6.13. The molecule has 0 aliphatic heterocycles. The van der Waals surface area contributed by atoms with E-state index in [-0.39, 0.29) is 24.9 Å². The number of hydrogen-bond acceptors (Lipinski definition) is 3. The first-order valence-corrected chi connectivity index (χ1v) is 6.50. The molecule has 1 aliphatic rings. The Morgan fingerprint density at radius 2 is 1.94 bits per heavy atom. The van der Waals surface area contributed by atoms with Crippen LogP contribution in [0.5, 0.6) is 0 Å². The van der Waals surface area contributed by atoms with E-state index < -0.39 is 5.97 Å². The number of aliphatic carboxylic acids is 1. The fourth-order valence-corrected chi connectivity index (χ4v) is 2.59. The predicted molar refractivity (Wildman–Crippen MR) is 63.6 cm³/mol. The fraction of sp³-hybridized carbons (Fsp3) is 0.846. The third-order valence-corrected chi connectivity index (χ3v) is 3.63. The molecule has 1 rings (SSSR count). The van der Waals surface area contributed by atoms with Crippen LogP contribution in [0.4, 0.5) is 0 Å². The summed E-state index contributed by atoms with van der Waals surface area (Å²) in [4.78, 5) is 21.9. The lowest BCUT2D eigenvalue weighted by Crippen LogP contribution is -2.17. The summed E-state index contributed by atoms with van der Waals surface area (Å²) in [7, 11) is 0. The number of hydrogen-bond donors (Lipinski definition) is 2. The largest absolute Gasteiger partial charge is 0.481 e. The highest BCUT2D eigenvalue weighted by atomic mass is 16.4. The van der Waals surface area contributed by atoms with Crippen molar-refractivity contribution in [2.24, 2.45) is 11.8 Å². The van der Waals surface area contributed by atoms with Gasteiger partial charge in [0.25, 0.3) is 0 Å². The lowest BCUT2D eigenvalue weighted by Gasteiger charge is -2.15. The Bertz CT molecular complexity index is 262. The molecule has 1 saturated carbocycles. The molecule has 0 bridgehead atoms. The minimum atomic E-state index is -0.740. The van der Waals surface area contributed by atoms with E-state index >= 15 is 0 Å². The molecule has 0 aromatic heterocycles. The molecule has 17 heavy (non-hydrogen) atoms. The molecule has 2 atom stereocenters. The molecular weight excluding hydrogens is 220 g/mol. The Kier molecular flexibility index (Phi) is 6.19. The Hall–Kier alpha value is -0.900. The first-order chi connectivity index (χ1) is 8.15. The molecule has 4 nitrogen and oxygen atoms in total. The third kappa shape index (κ3) is 4.86. The van der Waals surface area contributed by atoms with Gasteiger partial charge in [-0.1, -0.05) is 19.3 Å². The van der Waals surface area contributed by atoms with Crippen LogP contribution in [0.15, 0.2) is 0 Å². The molecule has 0 aromatic carbocycles. The van der Waals surface area contributed by atoms with Gasteiger partial charge in [-0.15, -0.1) is 0 Å². The zero-order valence-electron chi connectivity index (χ0n) is 10.2. The van der Waals surface area contributed by atoms with Crippen LogP contribution in [0, 0.1) is 11.8 Å². The molecule has 98 valence electrons. The van der Waals surface area contributed by atoms with E-state index in [2.05, 4.69) is 0 Å². The second-order valence-electron chi connectivity index (χ2n) is 4.90.